The van der Waals surface area contributed by atoms with E-state index in [0.717, 1.165) is 10.1 Å². The number of carbonyl (C=O) groups is 2. The number of nitrogens with zero attached hydrogens (tertiary/aromatic N) is 6. The third-order valence-electron chi connectivity index (χ3n) is 6.44. The molecule has 5 rings (SSSR count). The van der Waals surface area contributed by atoms with Crippen molar-refractivity contribution in [1.82, 2.24) is 29.5 Å². The molecule has 0 aromatic heterocycles. The number of hydrazine groups is 1. The van der Waals surface area contributed by atoms with Gasteiger partial charge in [0.25, 0.3) is 17.4 Å². The van der Waals surface area contributed by atoms with Crippen LogP contribution in [0.25, 0.3) is 17.0 Å². The van der Waals surface area contributed by atoms with Gasteiger partial charge < -0.3 is 4.57 Å². The maximum absolute atomic E-state index is 13.1. The summed E-state index contributed by atoms with van der Waals surface area (Å²) in [5.41, 5.74) is 3.53. The predicted octanol–water partition coefficient (Wildman–Crippen LogP) is -2.65. The zero-order valence-electron chi connectivity index (χ0n) is 18.2. The van der Waals surface area contributed by atoms with Crippen molar-refractivity contribution in [2.24, 2.45) is 12.0 Å². The SMILES string of the molecule is CCN1CC2=CC3=c4c(cc5c(=O)n(C)c(=O)nc-5n4CC)=NC(=O)C3N(C)C2C(=O)N1. The molecule has 0 radical (unpaired) electrons. The van der Waals surface area contributed by atoms with Gasteiger partial charge in [-0.25, -0.2) is 14.8 Å². The van der Waals surface area contributed by atoms with E-state index in [0.29, 0.717) is 35.9 Å². The Balaban J connectivity index is 1.92. The van der Waals surface area contributed by atoms with Gasteiger partial charge in [-0.15, -0.1) is 0 Å². The van der Waals surface area contributed by atoms with E-state index in [1.165, 1.54) is 13.1 Å². The van der Waals surface area contributed by atoms with E-state index < -0.39 is 29.2 Å². The maximum Gasteiger partial charge on any atom is 0.352 e. The van der Waals surface area contributed by atoms with Crippen molar-refractivity contribution in [3.63, 3.8) is 0 Å². The second kappa shape index (κ2) is 7.04. The van der Waals surface area contributed by atoms with Crippen LogP contribution in [-0.4, -0.2) is 68.1 Å². The molecule has 2 amide bonds. The molecule has 0 aromatic carbocycles. The lowest BCUT2D eigenvalue weighted by molar-refractivity contribution is -0.134. The summed E-state index contributed by atoms with van der Waals surface area (Å²) in [5, 5.41) is 2.82. The Bertz CT molecular complexity index is 1430. The predicted molar refractivity (Wildman–Crippen MR) is 114 cm³/mol. The van der Waals surface area contributed by atoms with Crippen molar-refractivity contribution >= 4 is 17.4 Å². The minimum Gasteiger partial charge on any atom is -0.324 e. The van der Waals surface area contributed by atoms with Gasteiger partial charge in [0.05, 0.1) is 16.3 Å². The van der Waals surface area contributed by atoms with E-state index in [9.17, 15) is 19.2 Å². The fraction of sp³-hybridized carbons (Fsp3) is 0.429. The highest BCUT2D eigenvalue weighted by molar-refractivity contribution is 5.99. The molecule has 0 aromatic rings. The molecule has 2 atom stereocenters. The van der Waals surface area contributed by atoms with E-state index in [2.05, 4.69) is 15.4 Å². The summed E-state index contributed by atoms with van der Waals surface area (Å²) in [6.07, 6.45) is 1.90. The first-order valence-electron chi connectivity index (χ1n) is 10.5. The van der Waals surface area contributed by atoms with Gasteiger partial charge in [0.1, 0.15) is 12.1 Å². The standard InChI is InChI=1S/C21H23N7O4/c1-5-27-9-10-7-11-15-13(22-18(29)16(11)25(3)14(10)19(30)24-27)8-12-17(28(15)6-2)23-21(32)26(4)20(12)31/h7-8,14,16H,5-6,9H2,1-4H3,(H,24,30). The zero-order valence-corrected chi connectivity index (χ0v) is 18.2. The van der Waals surface area contributed by atoms with Gasteiger partial charge >= 0.3 is 5.69 Å². The Kier molecular flexibility index (Phi) is 4.50. The molecule has 5 heterocycles. The Morgan fingerprint density at radius 2 is 1.84 bits per heavy atom. The molecule has 11 nitrogen and oxygen atoms in total. The van der Waals surface area contributed by atoms with Crippen LogP contribution in [-0.2, 0) is 23.2 Å². The molecule has 0 bridgehead atoms. The number of rotatable bonds is 2. The average Bonchev–Trinajstić information content (AvgIpc) is 2.76. The van der Waals surface area contributed by atoms with Crippen LogP contribution >= 0.6 is 0 Å². The lowest BCUT2D eigenvalue weighted by Gasteiger charge is -2.44. The van der Waals surface area contributed by atoms with E-state index in [1.54, 1.807) is 16.5 Å². The van der Waals surface area contributed by atoms with Crippen LogP contribution in [0, 0.1) is 0 Å². The van der Waals surface area contributed by atoms with Crippen molar-refractivity contribution in [2.75, 3.05) is 20.1 Å². The molecule has 2 unspecified atom stereocenters. The number of likely N-dealkylation sites (N-methyl/N-ethyl adjacent to an activating group) is 2. The molecule has 0 aliphatic carbocycles. The Morgan fingerprint density at radius 1 is 1.09 bits per heavy atom. The first-order chi connectivity index (χ1) is 15.3. The second-order valence-corrected chi connectivity index (χ2v) is 8.20. The lowest BCUT2D eigenvalue weighted by atomic mass is 9.87. The molecule has 0 spiro atoms. The number of fused-ring (bicyclic) bond motifs is 4. The highest BCUT2D eigenvalue weighted by Gasteiger charge is 2.44. The molecular formula is C21H23N7O4. The molecule has 0 saturated carbocycles. The van der Waals surface area contributed by atoms with Crippen LogP contribution < -0.4 is 27.4 Å². The summed E-state index contributed by atoms with van der Waals surface area (Å²) in [4.78, 5) is 61.0. The van der Waals surface area contributed by atoms with E-state index in [-0.39, 0.29) is 17.3 Å². The molecule has 1 saturated heterocycles. The van der Waals surface area contributed by atoms with Crippen molar-refractivity contribution in [3.8, 4) is 11.4 Å². The minimum atomic E-state index is -0.747. The van der Waals surface area contributed by atoms with E-state index in [4.69, 9.17) is 0 Å². The smallest absolute Gasteiger partial charge is 0.324 e. The summed E-state index contributed by atoms with van der Waals surface area (Å²) in [5.74, 6) is -0.328. The van der Waals surface area contributed by atoms with Gasteiger partial charge in [0.2, 0.25) is 0 Å². The van der Waals surface area contributed by atoms with Crippen molar-refractivity contribution < 1.29 is 9.59 Å². The third-order valence-corrected chi connectivity index (χ3v) is 6.44. The number of hydrogen-bond donors (Lipinski definition) is 1. The minimum absolute atomic E-state index is 0.187. The molecular weight excluding hydrogens is 414 g/mol. The zero-order chi connectivity index (χ0) is 22.9. The van der Waals surface area contributed by atoms with Crippen LogP contribution in [0.2, 0.25) is 0 Å². The number of aromatic nitrogens is 3. The van der Waals surface area contributed by atoms with Gasteiger partial charge in [0.15, 0.2) is 5.82 Å². The van der Waals surface area contributed by atoms with Gasteiger partial charge in [-0.2, -0.15) is 4.98 Å². The molecule has 11 heteroatoms. The largest absolute Gasteiger partial charge is 0.352 e. The molecule has 1 fully saturated rings. The maximum atomic E-state index is 13.1. The number of hydrogen-bond acceptors (Lipinski definition) is 7. The molecule has 32 heavy (non-hydrogen) atoms. The summed E-state index contributed by atoms with van der Waals surface area (Å²) >= 11 is 0. The molecule has 5 aliphatic rings. The van der Waals surface area contributed by atoms with Crippen molar-refractivity contribution in [1.29, 1.82) is 0 Å². The first-order valence-corrected chi connectivity index (χ1v) is 10.5. The van der Waals surface area contributed by atoms with Crippen LogP contribution in [0.15, 0.2) is 32.3 Å². The number of amides is 2. The van der Waals surface area contributed by atoms with Crippen molar-refractivity contribution in [2.45, 2.75) is 32.5 Å². The Labute approximate surface area is 182 Å². The molecule has 1 N–H and O–H groups in total. The van der Waals surface area contributed by atoms with Crippen LogP contribution in [0.4, 0.5) is 0 Å². The topological polar surface area (TPSA) is 122 Å². The monoisotopic (exact) mass is 437 g/mol. The fourth-order valence-electron chi connectivity index (χ4n) is 4.89. The van der Waals surface area contributed by atoms with Crippen molar-refractivity contribution in [3.05, 3.63) is 49.3 Å². The van der Waals surface area contributed by atoms with E-state index >= 15 is 0 Å². The van der Waals surface area contributed by atoms with Crippen LogP contribution in [0.3, 0.4) is 0 Å². The fourth-order valence-corrected chi connectivity index (χ4v) is 4.89. The summed E-state index contributed by atoms with van der Waals surface area (Å²) in [6.45, 7) is 5.41. The third kappa shape index (κ3) is 2.67. The Hall–Kier alpha value is -3.44. The number of carbonyl (C=O) groups excluding carboxylic acids is 2. The first kappa shape index (κ1) is 20.5. The van der Waals surface area contributed by atoms with Crippen LogP contribution in [0.5, 0.6) is 0 Å². The quantitative estimate of drug-likeness (QED) is 0.545. The Morgan fingerprint density at radius 3 is 2.53 bits per heavy atom. The average molecular weight is 437 g/mol. The van der Waals surface area contributed by atoms with Gasteiger partial charge in [-0.1, -0.05) is 13.0 Å². The number of nitrogens with one attached hydrogen (secondary N) is 1. The summed E-state index contributed by atoms with van der Waals surface area (Å²) < 4.78 is 2.70. The van der Waals surface area contributed by atoms with E-state index in [1.807, 2.05) is 24.9 Å². The highest BCUT2D eigenvalue weighted by atomic mass is 16.2. The van der Waals surface area contributed by atoms with Gasteiger partial charge in [0, 0.05) is 32.3 Å². The van der Waals surface area contributed by atoms with Gasteiger partial charge in [-0.05, 0) is 25.6 Å². The normalized spacial score (nSPS) is 23.2. The second-order valence-electron chi connectivity index (χ2n) is 8.20. The number of pyridine rings is 1. The lowest BCUT2D eigenvalue weighted by Crippen LogP contribution is -2.64. The molecule has 166 valence electrons. The summed E-state index contributed by atoms with van der Waals surface area (Å²) in [7, 11) is 3.11. The van der Waals surface area contributed by atoms with Crippen LogP contribution in [0.1, 0.15) is 13.8 Å². The molecule has 5 aliphatic heterocycles. The van der Waals surface area contributed by atoms with Gasteiger partial charge in [-0.3, -0.25) is 29.3 Å². The summed E-state index contributed by atoms with van der Waals surface area (Å²) in [6, 6.07) is 0.216. The highest BCUT2D eigenvalue weighted by Crippen LogP contribution is 2.30.